The molecule has 1 saturated heterocycles. The third-order valence-corrected chi connectivity index (χ3v) is 5.52. The third kappa shape index (κ3) is 7.06. The third-order valence-electron chi connectivity index (χ3n) is 4.59. The van der Waals surface area contributed by atoms with E-state index in [1.807, 2.05) is 13.0 Å². The lowest BCUT2D eigenvalue weighted by atomic mass is 10.1. The van der Waals surface area contributed by atoms with E-state index in [4.69, 9.17) is 14.1 Å². The highest BCUT2D eigenvalue weighted by atomic mass is 127. The standard InChI is InChI=1S/C20H30N4O2S.HI/c1-3-21-20(22-9-8-17-5-4-14-27-17)23-15-18(19-7-6-16(2)26-19)24-10-12-25-13-11-24;/h4-7,14,18H,3,8-13,15H2,1-2H3,(H2,21,22,23);1H. The van der Waals surface area contributed by atoms with Gasteiger partial charge in [-0.05, 0) is 43.8 Å². The van der Waals surface area contributed by atoms with Crippen molar-refractivity contribution < 1.29 is 9.15 Å². The second kappa shape index (κ2) is 12.5. The maximum absolute atomic E-state index is 5.93. The van der Waals surface area contributed by atoms with Crippen molar-refractivity contribution in [2.45, 2.75) is 26.3 Å². The van der Waals surface area contributed by atoms with E-state index in [1.54, 1.807) is 11.3 Å². The number of halogens is 1. The van der Waals surface area contributed by atoms with Gasteiger partial charge in [-0.15, -0.1) is 35.3 Å². The van der Waals surface area contributed by atoms with Crippen molar-refractivity contribution in [3.05, 3.63) is 46.0 Å². The lowest BCUT2D eigenvalue weighted by Crippen LogP contribution is -2.42. The van der Waals surface area contributed by atoms with E-state index in [0.717, 1.165) is 63.3 Å². The van der Waals surface area contributed by atoms with Gasteiger partial charge in [-0.3, -0.25) is 9.89 Å². The highest BCUT2D eigenvalue weighted by Crippen LogP contribution is 2.24. The van der Waals surface area contributed by atoms with Crippen molar-refractivity contribution >= 4 is 41.3 Å². The van der Waals surface area contributed by atoms with E-state index in [1.165, 1.54) is 4.88 Å². The Morgan fingerprint density at radius 2 is 2.07 bits per heavy atom. The minimum Gasteiger partial charge on any atom is -0.465 e. The molecule has 0 aliphatic carbocycles. The largest absolute Gasteiger partial charge is 0.465 e. The number of guanidine groups is 1. The Balaban J connectivity index is 0.00000280. The van der Waals surface area contributed by atoms with Crippen molar-refractivity contribution in [3.8, 4) is 0 Å². The minimum atomic E-state index is 0. The van der Waals surface area contributed by atoms with Crippen molar-refractivity contribution in [3.63, 3.8) is 0 Å². The highest BCUT2D eigenvalue weighted by molar-refractivity contribution is 14.0. The Morgan fingerprint density at radius 3 is 2.71 bits per heavy atom. The molecule has 2 aromatic rings. The van der Waals surface area contributed by atoms with Gasteiger partial charge in [0.1, 0.15) is 11.5 Å². The second-order valence-corrected chi connectivity index (χ2v) is 7.62. The first kappa shape index (κ1) is 23.2. The minimum absolute atomic E-state index is 0. The van der Waals surface area contributed by atoms with Crippen LogP contribution in [0.3, 0.4) is 0 Å². The number of furan rings is 1. The first-order chi connectivity index (χ1) is 13.3. The summed E-state index contributed by atoms with van der Waals surface area (Å²) in [7, 11) is 0. The topological polar surface area (TPSA) is 62.0 Å². The van der Waals surface area contributed by atoms with Gasteiger partial charge in [0.25, 0.3) is 0 Å². The van der Waals surface area contributed by atoms with Crippen LogP contribution in [-0.4, -0.2) is 56.8 Å². The van der Waals surface area contributed by atoms with E-state index in [-0.39, 0.29) is 30.0 Å². The maximum Gasteiger partial charge on any atom is 0.191 e. The summed E-state index contributed by atoms with van der Waals surface area (Å²) in [6.45, 7) is 9.77. The van der Waals surface area contributed by atoms with Crippen LogP contribution in [0.1, 0.15) is 29.4 Å². The van der Waals surface area contributed by atoms with Crippen LogP contribution >= 0.6 is 35.3 Å². The molecule has 2 N–H and O–H groups in total. The Bertz CT molecular complexity index is 699. The van der Waals surface area contributed by atoms with E-state index in [0.29, 0.717) is 6.54 Å². The van der Waals surface area contributed by atoms with Crippen molar-refractivity contribution in [1.29, 1.82) is 0 Å². The average Bonchev–Trinajstić information content (AvgIpc) is 3.35. The lowest BCUT2D eigenvalue weighted by molar-refractivity contribution is 0.0135. The molecule has 156 valence electrons. The molecule has 3 rings (SSSR count). The van der Waals surface area contributed by atoms with Gasteiger partial charge in [0.15, 0.2) is 5.96 Å². The number of ether oxygens (including phenoxy) is 1. The Hall–Kier alpha value is -1.10. The van der Waals surface area contributed by atoms with Crippen LogP contribution in [0.25, 0.3) is 0 Å². The quantitative estimate of drug-likeness (QED) is 0.319. The number of hydrogen-bond donors (Lipinski definition) is 2. The van der Waals surface area contributed by atoms with Crippen LogP contribution in [0.2, 0.25) is 0 Å². The summed E-state index contributed by atoms with van der Waals surface area (Å²) in [5.41, 5.74) is 0. The number of thiophene rings is 1. The number of nitrogens with one attached hydrogen (secondary N) is 2. The van der Waals surface area contributed by atoms with Crippen LogP contribution < -0.4 is 10.6 Å². The van der Waals surface area contributed by atoms with Crippen LogP contribution in [0.5, 0.6) is 0 Å². The van der Waals surface area contributed by atoms with Gasteiger partial charge in [0, 0.05) is 31.1 Å². The molecule has 0 amide bonds. The molecule has 1 fully saturated rings. The predicted molar refractivity (Wildman–Crippen MR) is 126 cm³/mol. The number of hydrogen-bond acceptors (Lipinski definition) is 5. The van der Waals surface area contributed by atoms with Gasteiger partial charge in [0.05, 0.1) is 25.8 Å². The molecular formula is C20H31IN4O2S. The zero-order chi connectivity index (χ0) is 18.9. The molecule has 8 heteroatoms. The van der Waals surface area contributed by atoms with Crippen LogP contribution in [0, 0.1) is 6.92 Å². The Morgan fingerprint density at radius 1 is 1.25 bits per heavy atom. The van der Waals surface area contributed by atoms with Gasteiger partial charge in [-0.25, -0.2) is 0 Å². The van der Waals surface area contributed by atoms with Crippen LogP contribution in [0.15, 0.2) is 39.1 Å². The number of aryl methyl sites for hydroxylation is 1. The average molecular weight is 518 g/mol. The van der Waals surface area contributed by atoms with E-state index in [2.05, 4.69) is 46.0 Å². The number of rotatable bonds is 8. The normalized spacial score (nSPS) is 16.4. The van der Waals surface area contributed by atoms with Gasteiger partial charge in [-0.2, -0.15) is 0 Å². The molecule has 6 nitrogen and oxygen atoms in total. The summed E-state index contributed by atoms with van der Waals surface area (Å²) in [4.78, 5) is 8.64. The molecule has 3 heterocycles. The predicted octanol–water partition coefficient (Wildman–Crippen LogP) is 3.44. The van der Waals surface area contributed by atoms with Crippen LogP contribution in [0.4, 0.5) is 0 Å². The molecule has 28 heavy (non-hydrogen) atoms. The van der Waals surface area contributed by atoms with Gasteiger partial charge in [-0.1, -0.05) is 6.07 Å². The van der Waals surface area contributed by atoms with Gasteiger partial charge >= 0.3 is 0 Å². The van der Waals surface area contributed by atoms with Crippen molar-refractivity contribution in [2.75, 3.05) is 45.9 Å². The number of nitrogens with zero attached hydrogens (tertiary/aromatic N) is 2. The maximum atomic E-state index is 5.93. The first-order valence-electron chi connectivity index (χ1n) is 9.69. The highest BCUT2D eigenvalue weighted by Gasteiger charge is 2.25. The monoisotopic (exact) mass is 518 g/mol. The number of aliphatic imine (C=N–C) groups is 1. The summed E-state index contributed by atoms with van der Waals surface area (Å²) in [5, 5.41) is 8.91. The molecule has 1 unspecified atom stereocenters. The van der Waals surface area contributed by atoms with E-state index >= 15 is 0 Å². The lowest BCUT2D eigenvalue weighted by Gasteiger charge is -2.32. The fourth-order valence-corrected chi connectivity index (χ4v) is 3.89. The zero-order valence-corrected chi connectivity index (χ0v) is 19.8. The SMILES string of the molecule is CCNC(=NCC(c1ccc(C)o1)N1CCOCC1)NCCc1cccs1.I. The van der Waals surface area contributed by atoms with Crippen LogP contribution in [-0.2, 0) is 11.2 Å². The Labute approximate surface area is 188 Å². The second-order valence-electron chi connectivity index (χ2n) is 6.59. The summed E-state index contributed by atoms with van der Waals surface area (Å²) < 4.78 is 11.4. The van der Waals surface area contributed by atoms with Gasteiger partial charge < -0.3 is 19.8 Å². The molecule has 0 saturated carbocycles. The molecule has 1 atom stereocenters. The smallest absolute Gasteiger partial charge is 0.191 e. The summed E-state index contributed by atoms with van der Waals surface area (Å²) >= 11 is 1.79. The van der Waals surface area contributed by atoms with Crippen molar-refractivity contribution in [1.82, 2.24) is 15.5 Å². The molecule has 2 aromatic heterocycles. The fourth-order valence-electron chi connectivity index (χ4n) is 3.19. The molecule has 0 aromatic carbocycles. The van der Waals surface area contributed by atoms with Gasteiger partial charge in [0.2, 0.25) is 0 Å². The Kier molecular flexibility index (Phi) is 10.3. The summed E-state index contributed by atoms with van der Waals surface area (Å²) in [6, 6.07) is 8.50. The molecule has 1 aliphatic heterocycles. The fraction of sp³-hybridized carbons (Fsp3) is 0.550. The summed E-state index contributed by atoms with van der Waals surface area (Å²) in [5.74, 6) is 2.77. The molecule has 1 aliphatic rings. The van der Waals surface area contributed by atoms with E-state index in [9.17, 15) is 0 Å². The molecular weight excluding hydrogens is 487 g/mol. The zero-order valence-electron chi connectivity index (χ0n) is 16.6. The first-order valence-corrected chi connectivity index (χ1v) is 10.6. The molecule has 0 spiro atoms. The molecule has 0 bridgehead atoms. The van der Waals surface area contributed by atoms with Crippen molar-refractivity contribution in [2.24, 2.45) is 4.99 Å². The molecule has 0 radical (unpaired) electrons. The summed E-state index contributed by atoms with van der Waals surface area (Å²) in [6.07, 6.45) is 1.01. The van der Waals surface area contributed by atoms with E-state index < -0.39 is 0 Å². The number of morpholine rings is 1.